The van der Waals surface area contributed by atoms with Gasteiger partial charge in [0.1, 0.15) is 5.82 Å². The van der Waals surface area contributed by atoms with E-state index in [0.29, 0.717) is 6.54 Å². The number of morpholine rings is 1. The second-order valence-electron chi connectivity index (χ2n) is 6.94. The lowest BCUT2D eigenvalue weighted by Crippen LogP contribution is -2.56. The van der Waals surface area contributed by atoms with Gasteiger partial charge < -0.3 is 10.5 Å². The second-order valence-corrected chi connectivity index (χ2v) is 6.94. The molecule has 4 heteroatoms. The van der Waals surface area contributed by atoms with E-state index in [4.69, 9.17) is 10.5 Å². The van der Waals surface area contributed by atoms with Gasteiger partial charge in [-0.3, -0.25) is 4.90 Å². The summed E-state index contributed by atoms with van der Waals surface area (Å²) in [5.74, 6) is -0.213. The molecule has 2 rings (SSSR count). The highest BCUT2D eigenvalue weighted by Crippen LogP contribution is 2.29. The minimum atomic E-state index is -0.213. The van der Waals surface area contributed by atoms with E-state index in [0.717, 1.165) is 30.8 Å². The minimum Gasteiger partial charge on any atom is -0.367 e. The summed E-state index contributed by atoms with van der Waals surface area (Å²) in [7, 11) is 0. The molecule has 1 aromatic rings. The van der Waals surface area contributed by atoms with E-state index in [1.807, 2.05) is 6.07 Å². The molecular weight excluding hydrogens is 255 g/mol. The molecule has 1 aliphatic heterocycles. The first-order valence-electron chi connectivity index (χ1n) is 7.10. The van der Waals surface area contributed by atoms with Crippen LogP contribution in [0.25, 0.3) is 0 Å². The van der Waals surface area contributed by atoms with Crippen LogP contribution in [0.15, 0.2) is 18.2 Å². The molecule has 3 nitrogen and oxygen atoms in total. The van der Waals surface area contributed by atoms with Gasteiger partial charge in [-0.05, 0) is 51.0 Å². The van der Waals surface area contributed by atoms with Crippen LogP contribution >= 0.6 is 0 Å². The van der Waals surface area contributed by atoms with E-state index in [-0.39, 0.29) is 17.0 Å². The van der Waals surface area contributed by atoms with Crippen molar-refractivity contribution in [3.8, 4) is 0 Å². The van der Waals surface area contributed by atoms with Gasteiger partial charge >= 0.3 is 0 Å². The average Bonchev–Trinajstić information content (AvgIpc) is 2.23. The highest BCUT2D eigenvalue weighted by Gasteiger charge is 2.37. The Kier molecular flexibility index (Phi) is 4.19. The van der Waals surface area contributed by atoms with E-state index in [2.05, 4.69) is 32.6 Å². The summed E-state index contributed by atoms with van der Waals surface area (Å²) in [6.45, 7) is 11.1. The quantitative estimate of drug-likeness (QED) is 0.925. The molecule has 0 atom stereocenters. The number of benzene rings is 1. The van der Waals surface area contributed by atoms with Crippen LogP contribution in [-0.2, 0) is 17.8 Å². The van der Waals surface area contributed by atoms with Gasteiger partial charge in [0.05, 0.1) is 11.2 Å². The summed E-state index contributed by atoms with van der Waals surface area (Å²) in [6.07, 6.45) is 0. The Labute approximate surface area is 120 Å². The van der Waals surface area contributed by atoms with Gasteiger partial charge in [0.15, 0.2) is 0 Å². The number of nitrogens with two attached hydrogens (primary N) is 1. The van der Waals surface area contributed by atoms with Crippen LogP contribution < -0.4 is 5.73 Å². The Balaban J connectivity index is 2.15. The predicted molar refractivity (Wildman–Crippen MR) is 78.8 cm³/mol. The lowest BCUT2D eigenvalue weighted by Gasteiger charge is -2.47. The Morgan fingerprint density at radius 2 is 1.65 bits per heavy atom. The molecule has 0 amide bonds. The average molecular weight is 280 g/mol. The summed E-state index contributed by atoms with van der Waals surface area (Å²) < 4.78 is 19.6. The highest BCUT2D eigenvalue weighted by molar-refractivity contribution is 5.24. The molecule has 20 heavy (non-hydrogen) atoms. The number of halogens is 1. The standard InChI is InChI=1S/C16H25FN2O/c1-15(2)10-19(11-16(3,4)20-15)9-13-5-12(8-18)6-14(17)7-13/h5-7H,8-11,18H2,1-4H3. The Morgan fingerprint density at radius 1 is 1.10 bits per heavy atom. The number of hydrogen-bond acceptors (Lipinski definition) is 3. The molecule has 0 unspecified atom stereocenters. The van der Waals surface area contributed by atoms with Gasteiger partial charge in [-0.15, -0.1) is 0 Å². The number of hydrogen-bond donors (Lipinski definition) is 1. The van der Waals surface area contributed by atoms with Crippen LogP contribution in [0.4, 0.5) is 4.39 Å². The van der Waals surface area contributed by atoms with E-state index < -0.39 is 0 Å². The molecule has 0 radical (unpaired) electrons. The molecule has 1 saturated heterocycles. The summed E-state index contributed by atoms with van der Waals surface area (Å²) in [4.78, 5) is 2.32. The van der Waals surface area contributed by atoms with Crippen LogP contribution in [-0.4, -0.2) is 29.2 Å². The van der Waals surface area contributed by atoms with Gasteiger partial charge in [0.2, 0.25) is 0 Å². The minimum absolute atomic E-state index is 0.189. The second kappa shape index (κ2) is 5.43. The topological polar surface area (TPSA) is 38.5 Å². The van der Waals surface area contributed by atoms with Crippen molar-refractivity contribution in [3.05, 3.63) is 35.1 Å². The fraction of sp³-hybridized carbons (Fsp3) is 0.625. The number of rotatable bonds is 3. The van der Waals surface area contributed by atoms with E-state index in [1.165, 1.54) is 6.07 Å². The zero-order valence-electron chi connectivity index (χ0n) is 12.9. The van der Waals surface area contributed by atoms with Crippen molar-refractivity contribution in [1.82, 2.24) is 4.90 Å². The zero-order chi connectivity index (χ0) is 15.0. The van der Waals surface area contributed by atoms with Crippen molar-refractivity contribution in [2.45, 2.75) is 52.0 Å². The van der Waals surface area contributed by atoms with Crippen molar-refractivity contribution in [3.63, 3.8) is 0 Å². The Bertz CT molecular complexity index is 469. The molecular formula is C16H25FN2O. The Morgan fingerprint density at radius 3 is 2.20 bits per heavy atom. The van der Waals surface area contributed by atoms with Gasteiger partial charge in [-0.1, -0.05) is 6.07 Å². The highest BCUT2D eigenvalue weighted by atomic mass is 19.1. The van der Waals surface area contributed by atoms with E-state index in [1.54, 1.807) is 6.07 Å². The third-order valence-corrected chi connectivity index (χ3v) is 3.42. The maximum absolute atomic E-state index is 13.6. The molecule has 1 fully saturated rings. The molecule has 0 aromatic heterocycles. The molecule has 1 aliphatic rings. The van der Waals surface area contributed by atoms with Crippen LogP contribution in [0.5, 0.6) is 0 Å². The fourth-order valence-corrected chi connectivity index (χ4v) is 3.24. The first-order valence-corrected chi connectivity index (χ1v) is 7.10. The smallest absolute Gasteiger partial charge is 0.123 e. The summed E-state index contributed by atoms with van der Waals surface area (Å²) in [5, 5.41) is 0. The molecule has 112 valence electrons. The van der Waals surface area contributed by atoms with Crippen molar-refractivity contribution < 1.29 is 9.13 Å². The van der Waals surface area contributed by atoms with Crippen molar-refractivity contribution in [1.29, 1.82) is 0 Å². The Hall–Kier alpha value is -0.970. The first kappa shape index (κ1) is 15.4. The normalized spacial score (nSPS) is 21.9. The van der Waals surface area contributed by atoms with Crippen LogP contribution in [0.2, 0.25) is 0 Å². The van der Waals surface area contributed by atoms with Gasteiger partial charge in [-0.2, -0.15) is 0 Å². The molecule has 0 spiro atoms. The van der Waals surface area contributed by atoms with Crippen LogP contribution in [0.3, 0.4) is 0 Å². The SMILES string of the molecule is CC1(C)CN(Cc2cc(F)cc(CN)c2)CC(C)(C)O1. The molecule has 0 bridgehead atoms. The summed E-state index contributed by atoms with van der Waals surface area (Å²) in [5.41, 5.74) is 7.04. The number of ether oxygens (including phenoxy) is 1. The maximum Gasteiger partial charge on any atom is 0.123 e. The van der Waals surface area contributed by atoms with E-state index >= 15 is 0 Å². The fourth-order valence-electron chi connectivity index (χ4n) is 3.24. The van der Waals surface area contributed by atoms with Crippen molar-refractivity contribution in [2.24, 2.45) is 5.73 Å². The van der Waals surface area contributed by atoms with Crippen molar-refractivity contribution in [2.75, 3.05) is 13.1 Å². The molecule has 2 N–H and O–H groups in total. The third-order valence-electron chi connectivity index (χ3n) is 3.42. The third kappa shape index (κ3) is 4.01. The van der Waals surface area contributed by atoms with E-state index in [9.17, 15) is 4.39 Å². The first-order chi connectivity index (χ1) is 9.19. The van der Waals surface area contributed by atoms with Gasteiger partial charge in [0, 0.05) is 26.2 Å². The van der Waals surface area contributed by atoms with Gasteiger partial charge in [0.25, 0.3) is 0 Å². The zero-order valence-corrected chi connectivity index (χ0v) is 12.9. The number of nitrogens with zero attached hydrogens (tertiary/aromatic N) is 1. The summed E-state index contributed by atoms with van der Waals surface area (Å²) in [6, 6.07) is 5.07. The lowest BCUT2D eigenvalue weighted by molar-refractivity contribution is -0.182. The van der Waals surface area contributed by atoms with Crippen LogP contribution in [0.1, 0.15) is 38.8 Å². The summed E-state index contributed by atoms with van der Waals surface area (Å²) >= 11 is 0. The molecule has 0 saturated carbocycles. The predicted octanol–water partition coefficient (Wildman–Crippen LogP) is 2.67. The molecule has 0 aliphatic carbocycles. The van der Waals surface area contributed by atoms with Crippen molar-refractivity contribution >= 4 is 0 Å². The maximum atomic E-state index is 13.6. The lowest BCUT2D eigenvalue weighted by atomic mass is 9.98. The molecule has 1 heterocycles. The monoisotopic (exact) mass is 280 g/mol. The van der Waals surface area contributed by atoms with Gasteiger partial charge in [-0.25, -0.2) is 4.39 Å². The largest absolute Gasteiger partial charge is 0.367 e. The molecule has 1 aromatic carbocycles. The van der Waals surface area contributed by atoms with Crippen LogP contribution in [0, 0.1) is 5.82 Å².